The minimum atomic E-state index is -1.90. The molecule has 1 fully saturated rings. The highest BCUT2D eigenvalue weighted by Gasteiger charge is 2.61. The largest absolute Gasteiger partial charge is 0.407 e. The van der Waals surface area contributed by atoms with Crippen molar-refractivity contribution in [2.24, 2.45) is 11.3 Å². The number of aldehydes is 1. The van der Waals surface area contributed by atoms with E-state index in [2.05, 4.69) is 93.6 Å². The van der Waals surface area contributed by atoms with E-state index in [1.54, 1.807) is 0 Å². The summed E-state index contributed by atoms with van der Waals surface area (Å²) in [6.07, 6.45) is 2.02. The van der Waals surface area contributed by atoms with Crippen molar-refractivity contribution in [2.75, 3.05) is 0 Å². The molecule has 0 amide bonds. The fourth-order valence-electron chi connectivity index (χ4n) is 4.62. The van der Waals surface area contributed by atoms with Crippen LogP contribution in [0, 0.1) is 11.3 Å². The Morgan fingerprint density at radius 2 is 1.33 bits per heavy atom. The first-order valence-electron chi connectivity index (χ1n) is 10.7. The Labute approximate surface area is 181 Å². The second-order valence-electron chi connectivity index (χ2n) is 9.46. The summed E-state index contributed by atoms with van der Waals surface area (Å²) in [5.74, 6) is 0.194. The lowest BCUT2D eigenvalue weighted by Gasteiger charge is -2.36. The minimum Gasteiger partial charge on any atom is -0.407 e. The van der Waals surface area contributed by atoms with E-state index >= 15 is 0 Å². The van der Waals surface area contributed by atoms with E-state index in [-0.39, 0.29) is 17.4 Å². The SMILES string of the molecule is CC(C)(C)C(O[SiH](c1ccccc1)c1ccccc1)C1CC1(C=O)c1ccccc1. The summed E-state index contributed by atoms with van der Waals surface area (Å²) in [6.45, 7) is 6.70. The molecule has 0 saturated heterocycles. The Morgan fingerprint density at radius 1 is 0.867 bits per heavy atom. The average molecular weight is 415 g/mol. The van der Waals surface area contributed by atoms with E-state index in [9.17, 15) is 4.79 Å². The zero-order chi connectivity index (χ0) is 21.2. The van der Waals surface area contributed by atoms with Gasteiger partial charge < -0.3 is 9.22 Å². The highest BCUT2D eigenvalue weighted by molar-refractivity contribution is 6.80. The summed E-state index contributed by atoms with van der Waals surface area (Å²) in [4.78, 5) is 12.3. The van der Waals surface area contributed by atoms with Crippen molar-refractivity contribution in [3.8, 4) is 0 Å². The topological polar surface area (TPSA) is 26.3 Å². The first kappa shape index (κ1) is 20.8. The van der Waals surface area contributed by atoms with Crippen LogP contribution in [0.1, 0.15) is 32.8 Å². The zero-order valence-electron chi connectivity index (χ0n) is 18.0. The van der Waals surface area contributed by atoms with Crippen LogP contribution in [0.15, 0.2) is 91.0 Å². The Morgan fingerprint density at radius 3 is 1.77 bits per heavy atom. The van der Waals surface area contributed by atoms with Gasteiger partial charge in [-0.05, 0) is 27.8 Å². The van der Waals surface area contributed by atoms with Crippen LogP contribution in [0.25, 0.3) is 0 Å². The molecule has 1 aliphatic rings. The van der Waals surface area contributed by atoms with Crippen molar-refractivity contribution in [1.29, 1.82) is 0 Å². The van der Waals surface area contributed by atoms with Crippen molar-refractivity contribution >= 4 is 25.7 Å². The van der Waals surface area contributed by atoms with Crippen LogP contribution in [0.3, 0.4) is 0 Å². The quantitative estimate of drug-likeness (QED) is 0.430. The van der Waals surface area contributed by atoms with Crippen LogP contribution < -0.4 is 10.4 Å². The number of hydrogen-bond donors (Lipinski definition) is 0. The number of carbonyl (C=O) groups is 1. The Bertz CT molecular complexity index is 927. The lowest BCUT2D eigenvalue weighted by atomic mass is 9.82. The molecule has 154 valence electrons. The average Bonchev–Trinajstić information content (AvgIpc) is 3.51. The Hall–Kier alpha value is -2.49. The number of benzene rings is 3. The van der Waals surface area contributed by atoms with Crippen LogP contribution in [-0.2, 0) is 14.6 Å². The van der Waals surface area contributed by atoms with Gasteiger partial charge in [-0.3, -0.25) is 0 Å². The molecule has 4 rings (SSSR count). The summed E-state index contributed by atoms with van der Waals surface area (Å²) < 4.78 is 7.07. The van der Waals surface area contributed by atoms with Gasteiger partial charge >= 0.3 is 0 Å². The van der Waals surface area contributed by atoms with Gasteiger partial charge in [0.2, 0.25) is 9.04 Å². The second-order valence-corrected chi connectivity index (χ2v) is 11.8. The van der Waals surface area contributed by atoms with Gasteiger partial charge in [-0.15, -0.1) is 0 Å². The zero-order valence-corrected chi connectivity index (χ0v) is 19.1. The third-order valence-electron chi connectivity index (χ3n) is 6.29. The van der Waals surface area contributed by atoms with Crippen LogP contribution in [0.2, 0.25) is 0 Å². The van der Waals surface area contributed by atoms with Gasteiger partial charge in [0.1, 0.15) is 6.29 Å². The monoisotopic (exact) mass is 414 g/mol. The molecule has 0 N–H and O–H groups in total. The van der Waals surface area contributed by atoms with Gasteiger partial charge in [0.05, 0.1) is 11.5 Å². The summed E-state index contributed by atoms with van der Waals surface area (Å²) in [7, 11) is -1.90. The molecule has 0 aliphatic heterocycles. The summed E-state index contributed by atoms with van der Waals surface area (Å²) in [6, 6.07) is 31.4. The standard InChI is InChI=1S/C27H30O2Si/c1-26(2,3)25(24-19-27(24,20-28)21-13-7-4-8-14-21)29-30(22-15-9-5-10-16-22)23-17-11-6-12-18-23/h4-18,20,24-25,30H,19H2,1-3H3. The summed E-state index contributed by atoms with van der Waals surface area (Å²) in [5.41, 5.74) is 0.616. The highest BCUT2D eigenvalue weighted by atomic mass is 28.3. The van der Waals surface area contributed by atoms with E-state index in [0.717, 1.165) is 18.3 Å². The lowest BCUT2D eigenvalue weighted by Crippen LogP contribution is -2.50. The molecule has 0 bridgehead atoms. The maximum Gasteiger partial charge on any atom is 0.240 e. The summed E-state index contributed by atoms with van der Waals surface area (Å²) >= 11 is 0. The molecule has 3 heteroatoms. The number of rotatable bonds is 7. The van der Waals surface area contributed by atoms with Crippen molar-refractivity contribution in [3.05, 3.63) is 96.6 Å². The number of carbonyl (C=O) groups excluding carboxylic acids is 1. The third-order valence-corrected chi connectivity index (χ3v) is 8.83. The van der Waals surface area contributed by atoms with E-state index in [0.29, 0.717) is 0 Å². The van der Waals surface area contributed by atoms with Crippen molar-refractivity contribution in [1.82, 2.24) is 0 Å². The molecule has 0 radical (unpaired) electrons. The molecule has 3 aromatic carbocycles. The predicted octanol–water partition coefficient (Wildman–Crippen LogP) is 4.11. The first-order chi connectivity index (χ1) is 14.5. The molecule has 30 heavy (non-hydrogen) atoms. The van der Waals surface area contributed by atoms with Gasteiger partial charge in [0, 0.05) is 5.92 Å². The van der Waals surface area contributed by atoms with E-state index in [1.807, 2.05) is 18.2 Å². The maximum atomic E-state index is 12.3. The van der Waals surface area contributed by atoms with Crippen molar-refractivity contribution in [2.45, 2.75) is 38.7 Å². The van der Waals surface area contributed by atoms with E-state index in [4.69, 9.17) is 4.43 Å². The maximum absolute atomic E-state index is 12.3. The van der Waals surface area contributed by atoms with Crippen LogP contribution >= 0.6 is 0 Å². The van der Waals surface area contributed by atoms with Gasteiger partial charge in [-0.2, -0.15) is 0 Å². The fourth-order valence-corrected chi connectivity index (χ4v) is 7.35. The molecule has 3 atom stereocenters. The molecule has 0 spiro atoms. The van der Waals surface area contributed by atoms with Gasteiger partial charge in [0.25, 0.3) is 0 Å². The molecule has 1 saturated carbocycles. The van der Waals surface area contributed by atoms with Crippen LogP contribution in [-0.4, -0.2) is 21.4 Å². The molecular weight excluding hydrogens is 384 g/mol. The molecule has 0 heterocycles. The molecule has 0 aromatic heterocycles. The van der Waals surface area contributed by atoms with Crippen molar-refractivity contribution < 1.29 is 9.22 Å². The minimum absolute atomic E-state index is 0.0000139. The van der Waals surface area contributed by atoms with Crippen molar-refractivity contribution in [3.63, 3.8) is 0 Å². The highest BCUT2D eigenvalue weighted by Crippen LogP contribution is 2.58. The normalized spacial score (nSPS) is 21.9. The van der Waals surface area contributed by atoms with E-state index < -0.39 is 14.5 Å². The first-order valence-corrected chi connectivity index (χ1v) is 12.4. The molecule has 3 unspecified atom stereocenters. The van der Waals surface area contributed by atoms with Gasteiger partial charge in [-0.25, -0.2) is 0 Å². The van der Waals surface area contributed by atoms with Gasteiger partial charge in [-0.1, -0.05) is 112 Å². The number of hydrogen-bond acceptors (Lipinski definition) is 2. The molecule has 1 aliphatic carbocycles. The fraction of sp³-hybridized carbons (Fsp3) is 0.296. The summed E-state index contributed by atoms with van der Waals surface area (Å²) in [5, 5.41) is 2.55. The van der Waals surface area contributed by atoms with Crippen LogP contribution in [0.5, 0.6) is 0 Å². The second kappa shape index (κ2) is 8.33. The Kier molecular flexibility index (Phi) is 5.76. The molecular formula is C27H30O2Si. The van der Waals surface area contributed by atoms with Gasteiger partial charge in [0.15, 0.2) is 0 Å². The Balaban J connectivity index is 1.70. The predicted molar refractivity (Wildman–Crippen MR) is 126 cm³/mol. The lowest BCUT2D eigenvalue weighted by molar-refractivity contribution is -0.110. The van der Waals surface area contributed by atoms with E-state index in [1.165, 1.54) is 10.4 Å². The van der Waals surface area contributed by atoms with Crippen LogP contribution in [0.4, 0.5) is 0 Å². The molecule has 2 nitrogen and oxygen atoms in total. The third kappa shape index (κ3) is 4.05. The smallest absolute Gasteiger partial charge is 0.240 e. The molecule has 3 aromatic rings.